The molecule has 8 heteroatoms. The van der Waals surface area contributed by atoms with Gasteiger partial charge in [-0.15, -0.1) is 0 Å². The molecule has 2 unspecified atom stereocenters. The number of rotatable bonds is 2. The van der Waals surface area contributed by atoms with Gasteiger partial charge in [-0.05, 0) is 12.3 Å². The van der Waals surface area contributed by atoms with Gasteiger partial charge in [-0.3, -0.25) is 0 Å². The maximum atomic E-state index is 12.8. The highest BCUT2D eigenvalue weighted by Crippen LogP contribution is 2.34. The quantitative estimate of drug-likeness (QED) is 0.921. The molecule has 0 bridgehead atoms. The van der Waals surface area contributed by atoms with Crippen LogP contribution in [-0.4, -0.2) is 38.9 Å². The SMILES string of the molecule is CC1CCN(c2nccn3nc(C(F)(F)F)cc23)C1CO. The van der Waals surface area contributed by atoms with Crippen molar-refractivity contribution >= 4 is 11.3 Å². The summed E-state index contributed by atoms with van der Waals surface area (Å²) in [5.41, 5.74) is -0.637. The topological polar surface area (TPSA) is 53.7 Å². The first-order chi connectivity index (χ1) is 9.91. The highest BCUT2D eigenvalue weighted by molar-refractivity contribution is 5.70. The highest BCUT2D eigenvalue weighted by Gasteiger charge is 2.36. The first-order valence-electron chi connectivity index (χ1n) is 6.71. The molecule has 1 saturated heterocycles. The lowest BCUT2D eigenvalue weighted by Crippen LogP contribution is -2.36. The van der Waals surface area contributed by atoms with Crippen molar-refractivity contribution in [1.29, 1.82) is 0 Å². The smallest absolute Gasteiger partial charge is 0.394 e. The zero-order chi connectivity index (χ0) is 15.2. The van der Waals surface area contributed by atoms with Crippen LogP contribution in [0.15, 0.2) is 18.5 Å². The van der Waals surface area contributed by atoms with E-state index in [9.17, 15) is 18.3 Å². The van der Waals surface area contributed by atoms with Crippen LogP contribution in [0.5, 0.6) is 0 Å². The Balaban J connectivity index is 2.09. The van der Waals surface area contributed by atoms with E-state index >= 15 is 0 Å². The largest absolute Gasteiger partial charge is 0.435 e. The molecular formula is C13H15F3N4O. The van der Waals surface area contributed by atoms with Crippen LogP contribution >= 0.6 is 0 Å². The highest BCUT2D eigenvalue weighted by atomic mass is 19.4. The Hall–Kier alpha value is -1.83. The molecule has 2 aromatic heterocycles. The van der Waals surface area contributed by atoms with Crippen molar-refractivity contribution < 1.29 is 18.3 Å². The van der Waals surface area contributed by atoms with Crippen molar-refractivity contribution in [2.24, 2.45) is 5.92 Å². The van der Waals surface area contributed by atoms with Crippen LogP contribution in [0.2, 0.25) is 0 Å². The number of hydrogen-bond donors (Lipinski definition) is 1. The van der Waals surface area contributed by atoms with Gasteiger partial charge in [-0.25, -0.2) is 9.50 Å². The monoisotopic (exact) mass is 300 g/mol. The molecule has 0 saturated carbocycles. The summed E-state index contributed by atoms with van der Waals surface area (Å²) in [6, 6.07) is 0.868. The van der Waals surface area contributed by atoms with E-state index in [1.54, 1.807) is 0 Å². The van der Waals surface area contributed by atoms with Gasteiger partial charge < -0.3 is 10.0 Å². The summed E-state index contributed by atoms with van der Waals surface area (Å²) in [5.74, 6) is 0.700. The van der Waals surface area contributed by atoms with Crippen LogP contribution in [0.3, 0.4) is 0 Å². The predicted molar refractivity (Wildman–Crippen MR) is 70.0 cm³/mol. The minimum absolute atomic E-state index is 0.0514. The molecule has 2 atom stereocenters. The van der Waals surface area contributed by atoms with E-state index in [1.807, 2.05) is 11.8 Å². The molecule has 114 valence electrons. The second kappa shape index (κ2) is 4.87. The number of nitrogens with zero attached hydrogens (tertiary/aromatic N) is 4. The van der Waals surface area contributed by atoms with E-state index in [0.29, 0.717) is 17.9 Å². The van der Waals surface area contributed by atoms with E-state index in [1.165, 1.54) is 16.9 Å². The zero-order valence-electron chi connectivity index (χ0n) is 11.4. The van der Waals surface area contributed by atoms with Crippen molar-refractivity contribution in [2.45, 2.75) is 25.6 Å². The van der Waals surface area contributed by atoms with Crippen molar-refractivity contribution in [3.05, 3.63) is 24.2 Å². The summed E-state index contributed by atoms with van der Waals surface area (Å²) in [5, 5.41) is 13.1. The fourth-order valence-corrected chi connectivity index (χ4v) is 2.82. The van der Waals surface area contributed by atoms with Crippen LogP contribution in [0, 0.1) is 5.92 Å². The van der Waals surface area contributed by atoms with Crippen molar-refractivity contribution in [3.8, 4) is 0 Å². The second-order valence-electron chi connectivity index (χ2n) is 5.32. The van der Waals surface area contributed by atoms with Gasteiger partial charge in [-0.1, -0.05) is 6.92 Å². The Morgan fingerprint density at radius 2 is 2.19 bits per heavy atom. The number of alkyl halides is 3. The third-order valence-electron chi connectivity index (χ3n) is 4.00. The van der Waals surface area contributed by atoms with Crippen LogP contribution in [0.25, 0.3) is 5.52 Å². The molecular weight excluding hydrogens is 285 g/mol. The van der Waals surface area contributed by atoms with Gasteiger partial charge in [0, 0.05) is 25.0 Å². The predicted octanol–water partition coefficient (Wildman–Crippen LogP) is 1.96. The van der Waals surface area contributed by atoms with Crippen molar-refractivity contribution in [3.63, 3.8) is 0 Å². The minimum atomic E-state index is -4.49. The Morgan fingerprint density at radius 1 is 1.43 bits per heavy atom. The first-order valence-corrected chi connectivity index (χ1v) is 6.71. The summed E-state index contributed by atoms with van der Waals surface area (Å²) in [4.78, 5) is 6.07. The number of fused-ring (bicyclic) bond motifs is 1. The molecule has 0 spiro atoms. The molecule has 2 aromatic rings. The number of halogens is 3. The molecule has 0 aliphatic carbocycles. The third kappa shape index (κ3) is 2.33. The summed E-state index contributed by atoms with van der Waals surface area (Å²) in [7, 11) is 0. The summed E-state index contributed by atoms with van der Waals surface area (Å²) in [6.45, 7) is 2.62. The van der Waals surface area contributed by atoms with E-state index < -0.39 is 11.9 Å². The lowest BCUT2D eigenvalue weighted by atomic mass is 10.0. The van der Waals surface area contributed by atoms with E-state index in [0.717, 1.165) is 12.5 Å². The van der Waals surface area contributed by atoms with Crippen molar-refractivity contribution in [2.75, 3.05) is 18.1 Å². The van der Waals surface area contributed by atoms with E-state index in [2.05, 4.69) is 10.1 Å². The average Bonchev–Trinajstić information content (AvgIpc) is 3.00. The Morgan fingerprint density at radius 3 is 2.86 bits per heavy atom. The molecule has 1 fully saturated rings. The summed E-state index contributed by atoms with van der Waals surface area (Å²) in [6.07, 6.45) is -0.805. The molecule has 5 nitrogen and oxygen atoms in total. The molecule has 0 amide bonds. The Bertz CT molecular complexity index is 654. The summed E-state index contributed by atoms with van der Waals surface area (Å²) >= 11 is 0. The maximum absolute atomic E-state index is 12.8. The van der Waals surface area contributed by atoms with Gasteiger partial charge in [0.15, 0.2) is 11.5 Å². The lowest BCUT2D eigenvalue weighted by Gasteiger charge is -2.26. The lowest BCUT2D eigenvalue weighted by molar-refractivity contribution is -0.141. The number of aliphatic hydroxyl groups is 1. The average molecular weight is 300 g/mol. The van der Waals surface area contributed by atoms with Gasteiger partial charge >= 0.3 is 6.18 Å². The van der Waals surface area contributed by atoms with E-state index in [-0.39, 0.29) is 18.6 Å². The second-order valence-corrected chi connectivity index (χ2v) is 5.32. The maximum Gasteiger partial charge on any atom is 0.435 e. The minimum Gasteiger partial charge on any atom is -0.394 e. The normalized spacial score (nSPS) is 23.2. The van der Waals surface area contributed by atoms with E-state index in [4.69, 9.17) is 0 Å². The Labute approximate surface area is 119 Å². The third-order valence-corrected chi connectivity index (χ3v) is 4.00. The number of aliphatic hydroxyl groups excluding tert-OH is 1. The van der Waals surface area contributed by atoms with Gasteiger partial charge in [0.2, 0.25) is 0 Å². The molecule has 0 radical (unpaired) electrons. The van der Waals surface area contributed by atoms with Gasteiger partial charge in [0.05, 0.1) is 12.6 Å². The van der Waals surface area contributed by atoms with Gasteiger partial charge in [-0.2, -0.15) is 18.3 Å². The molecule has 0 aromatic carbocycles. The number of aromatic nitrogens is 3. The zero-order valence-corrected chi connectivity index (χ0v) is 11.4. The summed E-state index contributed by atoms with van der Waals surface area (Å²) < 4.78 is 39.6. The van der Waals surface area contributed by atoms with Crippen LogP contribution < -0.4 is 4.90 Å². The van der Waals surface area contributed by atoms with Crippen molar-refractivity contribution in [1.82, 2.24) is 14.6 Å². The standard InChI is InChI=1S/C13H15F3N4O/c1-8-2-4-19(10(8)7-21)12-9-6-11(13(14,15)16)18-20(9)5-3-17-12/h3,5-6,8,10,21H,2,4,7H2,1H3. The molecule has 21 heavy (non-hydrogen) atoms. The fourth-order valence-electron chi connectivity index (χ4n) is 2.82. The molecule has 1 N–H and O–H groups in total. The first kappa shape index (κ1) is 14.1. The molecule has 1 aliphatic heterocycles. The molecule has 1 aliphatic rings. The number of anilines is 1. The van der Waals surface area contributed by atoms with Crippen LogP contribution in [-0.2, 0) is 6.18 Å². The van der Waals surface area contributed by atoms with Gasteiger partial charge in [0.1, 0.15) is 5.52 Å². The van der Waals surface area contributed by atoms with Crippen LogP contribution in [0.1, 0.15) is 19.0 Å². The molecule has 3 heterocycles. The fraction of sp³-hybridized carbons (Fsp3) is 0.538. The van der Waals surface area contributed by atoms with Gasteiger partial charge in [0.25, 0.3) is 0 Å². The molecule has 3 rings (SSSR count). The Kier molecular flexibility index (Phi) is 3.27. The number of hydrogen-bond acceptors (Lipinski definition) is 4. The van der Waals surface area contributed by atoms with Crippen LogP contribution in [0.4, 0.5) is 19.0 Å².